The van der Waals surface area contributed by atoms with Crippen LogP contribution in [0.1, 0.15) is 52.4 Å². The molecule has 0 saturated heterocycles. The Labute approximate surface area is 94.0 Å². The van der Waals surface area contributed by atoms with Crippen molar-refractivity contribution in [1.82, 2.24) is 5.32 Å². The molecule has 2 fully saturated rings. The van der Waals surface area contributed by atoms with Crippen molar-refractivity contribution in [2.24, 2.45) is 17.6 Å². The van der Waals surface area contributed by atoms with Crippen LogP contribution in [0.4, 0.5) is 0 Å². The first kappa shape index (κ1) is 11.4. The normalized spacial score (nSPS) is 47.0. The Bertz CT molecular complexity index is 195. The summed E-state index contributed by atoms with van der Waals surface area (Å²) >= 11 is 0. The van der Waals surface area contributed by atoms with E-state index in [1.165, 1.54) is 38.5 Å². The Morgan fingerprint density at radius 3 is 2.07 bits per heavy atom. The van der Waals surface area contributed by atoms with Crippen molar-refractivity contribution in [3.05, 3.63) is 0 Å². The largest absolute Gasteiger partial charge is 0.328 e. The van der Waals surface area contributed by atoms with Crippen LogP contribution in [0, 0.1) is 11.8 Å². The molecule has 2 heteroatoms. The van der Waals surface area contributed by atoms with Crippen LogP contribution in [-0.2, 0) is 0 Å². The summed E-state index contributed by atoms with van der Waals surface area (Å²) < 4.78 is 0. The highest BCUT2D eigenvalue weighted by Crippen LogP contribution is 2.30. The Hall–Kier alpha value is -0.0800. The summed E-state index contributed by atoms with van der Waals surface area (Å²) in [6, 6.07) is 1.93. The van der Waals surface area contributed by atoms with Crippen molar-refractivity contribution in [3.63, 3.8) is 0 Å². The molecule has 0 spiro atoms. The van der Waals surface area contributed by atoms with Gasteiger partial charge in [0.2, 0.25) is 0 Å². The fourth-order valence-electron chi connectivity index (χ4n) is 3.58. The van der Waals surface area contributed by atoms with Gasteiger partial charge < -0.3 is 11.1 Å². The molecule has 2 nitrogen and oxygen atoms in total. The molecule has 3 N–H and O–H groups in total. The summed E-state index contributed by atoms with van der Waals surface area (Å²) in [7, 11) is 0. The lowest BCUT2D eigenvalue weighted by Crippen LogP contribution is -2.41. The molecule has 2 aliphatic rings. The molecule has 0 bridgehead atoms. The predicted molar refractivity (Wildman–Crippen MR) is 64.7 cm³/mol. The van der Waals surface area contributed by atoms with E-state index in [4.69, 9.17) is 5.73 Å². The van der Waals surface area contributed by atoms with Gasteiger partial charge in [0.25, 0.3) is 0 Å². The van der Waals surface area contributed by atoms with E-state index in [1.807, 2.05) is 0 Å². The van der Waals surface area contributed by atoms with Crippen molar-refractivity contribution in [1.29, 1.82) is 0 Å². The molecule has 0 aromatic rings. The molecule has 0 heterocycles. The summed E-state index contributed by atoms with van der Waals surface area (Å²) in [5, 5.41) is 3.83. The lowest BCUT2D eigenvalue weighted by atomic mass is 9.80. The first-order valence-electron chi connectivity index (χ1n) is 6.65. The Morgan fingerprint density at radius 2 is 1.53 bits per heavy atom. The molecule has 0 radical (unpaired) electrons. The van der Waals surface area contributed by atoms with Gasteiger partial charge in [-0.1, -0.05) is 13.8 Å². The lowest BCUT2D eigenvalue weighted by molar-refractivity contribution is 0.225. The molecule has 0 aromatic heterocycles. The molecule has 0 amide bonds. The van der Waals surface area contributed by atoms with E-state index in [0.29, 0.717) is 12.1 Å². The molecule has 2 rings (SSSR count). The van der Waals surface area contributed by atoms with E-state index in [9.17, 15) is 0 Å². The molecule has 88 valence electrons. The van der Waals surface area contributed by atoms with E-state index in [2.05, 4.69) is 19.2 Å². The highest BCUT2D eigenvalue weighted by Gasteiger charge is 2.28. The first-order valence-corrected chi connectivity index (χ1v) is 6.65. The van der Waals surface area contributed by atoms with Gasteiger partial charge in [0, 0.05) is 18.1 Å². The third kappa shape index (κ3) is 3.18. The third-order valence-electron chi connectivity index (χ3n) is 4.12. The van der Waals surface area contributed by atoms with Gasteiger partial charge in [-0.2, -0.15) is 0 Å². The van der Waals surface area contributed by atoms with Crippen molar-refractivity contribution < 1.29 is 0 Å². The van der Waals surface area contributed by atoms with Gasteiger partial charge in [0.15, 0.2) is 0 Å². The number of nitrogens with two attached hydrogens (primary N) is 1. The minimum absolute atomic E-state index is 0.459. The van der Waals surface area contributed by atoms with Crippen LogP contribution < -0.4 is 11.1 Å². The minimum Gasteiger partial charge on any atom is -0.328 e. The SMILES string of the molecule is CC1CC(C)CC(NC2CCC(N)C2)C1. The fraction of sp³-hybridized carbons (Fsp3) is 1.00. The Kier molecular flexibility index (Phi) is 3.68. The number of nitrogens with one attached hydrogen (secondary N) is 1. The molecule has 0 aromatic carbocycles. The van der Waals surface area contributed by atoms with Crippen LogP contribution in [-0.4, -0.2) is 18.1 Å². The average molecular weight is 210 g/mol. The average Bonchev–Trinajstić information content (AvgIpc) is 2.49. The lowest BCUT2D eigenvalue weighted by Gasteiger charge is -2.34. The third-order valence-corrected chi connectivity index (χ3v) is 4.12. The monoisotopic (exact) mass is 210 g/mol. The molecular weight excluding hydrogens is 184 g/mol. The summed E-state index contributed by atoms with van der Waals surface area (Å²) in [5.74, 6) is 1.81. The second kappa shape index (κ2) is 4.84. The fourth-order valence-corrected chi connectivity index (χ4v) is 3.58. The smallest absolute Gasteiger partial charge is 0.00849 e. The molecule has 0 aliphatic heterocycles. The van der Waals surface area contributed by atoms with Gasteiger partial charge in [-0.05, 0) is 50.4 Å². The van der Waals surface area contributed by atoms with Crippen LogP contribution >= 0.6 is 0 Å². The van der Waals surface area contributed by atoms with E-state index < -0.39 is 0 Å². The minimum atomic E-state index is 0.459. The van der Waals surface area contributed by atoms with Crippen molar-refractivity contribution in [2.75, 3.05) is 0 Å². The molecule has 4 atom stereocenters. The second-order valence-electron chi connectivity index (χ2n) is 6.05. The highest BCUT2D eigenvalue weighted by molar-refractivity contribution is 4.88. The van der Waals surface area contributed by atoms with Gasteiger partial charge in [-0.15, -0.1) is 0 Å². The van der Waals surface area contributed by atoms with Crippen molar-refractivity contribution >= 4 is 0 Å². The molecule has 2 saturated carbocycles. The maximum Gasteiger partial charge on any atom is 0.00849 e. The standard InChI is InChI=1S/C13H26N2/c1-9-5-10(2)7-13(6-9)15-12-4-3-11(14)8-12/h9-13,15H,3-8,14H2,1-2H3. The van der Waals surface area contributed by atoms with Gasteiger partial charge in [0.05, 0.1) is 0 Å². The topological polar surface area (TPSA) is 38.0 Å². The summed E-state index contributed by atoms with van der Waals surface area (Å²) in [6.45, 7) is 4.79. The van der Waals surface area contributed by atoms with Gasteiger partial charge >= 0.3 is 0 Å². The van der Waals surface area contributed by atoms with Crippen molar-refractivity contribution in [3.8, 4) is 0 Å². The number of rotatable bonds is 2. The number of hydrogen-bond acceptors (Lipinski definition) is 2. The zero-order valence-electron chi connectivity index (χ0n) is 10.2. The summed E-state index contributed by atoms with van der Waals surface area (Å²) in [4.78, 5) is 0. The Morgan fingerprint density at radius 1 is 0.867 bits per heavy atom. The predicted octanol–water partition coefficient (Wildman–Crippen LogP) is 2.28. The Balaban J connectivity index is 1.78. The maximum atomic E-state index is 5.94. The first-order chi connectivity index (χ1) is 7.13. The van der Waals surface area contributed by atoms with E-state index in [0.717, 1.165) is 17.9 Å². The molecule has 4 unspecified atom stereocenters. The molecule has 15 heavy (non-hydrogen) atoms. The quantitative estimate of drug-likeness (QED) is 0.734. The van der Waals surface area contributed by atoms with Gasteiger partial charge in [0.1, 0.15) is 0 Å². The molecular formula is C13H26N2. The van der Waals surface area contributed by atoms with Crippen LogP contribution in [0.15, 0.2) is 0 Å². The van der Waals surface area contributed by atoms with E-state index in [1.54, 1.807) is 0 Å². The van der Waals surface area contributed by atoms with Gasteiger partial charge in [-0.25, -0.2) is 0 Å². The maximum absolute atomic E-state index is 5.94. The van der Waals surface area contributed by atoms with Gasteiger partial charge in [-0.3, -0.25) is 0 Å². The summed E-state index contributed by atoms with van der Waals surface area (Å²) in [6.07, 6.45) is 7.86. The highest BCUT2D eigenvalue weighted by atomic mass is 15.0. The zero-order chi connectivity index (χ0) is 10.8. The summed E-state index contributed by atoms with van der Waals surface area (Å²) in [5.41, 5.74) is 5.94. The van der Waals surface area contributed by atoms with E-state index >= 15 is 0 Å². The second-order valence-corrected chi connectivity index (χ2v) is 6.05. The van der Waals surface area contributed by atoms with Crippen LogP contribution in [0.25, 0.3) is 0 Å². The van der Waals surface area contributed by atoms with Crippen LogP contribution in [0.2, 0.25) is 0 Å². The van der Waals surface area contributed by atoms with Crippen LogP contribution in [0.3, 0.4) is 0 Å². The van der Waals surface area contributed by atoms with Crippen LogP contribution in [0.5, 0.6) is 0 Å². The van der Waals surface area contributed by atoms with E-state index in [-0.39, 0.29) is 0 Å². The zero-order valence-corrected chi connectivity index (χ0v) is 10.2. The van der Waals surface area contributed by atoms with Crippen molar-refractivity contribution in [2.45, 2.75) is 70.5 Å². The number of hydrogen-bond donors (Lipinski definition) is 2. The molecule has 2 aliphatic carbocycles.